The molecule has 2 N–H and O–H groups in total. The normalized spacial score (nSPS) is 27.4. The summed E-state index contributed by atoms with van der Waals surface area (Å²) in [7, 11) is 0. The summed E-state index contributed by atoms with van der Waals surface area (Å²) in [6, 6.07) is 8.68. The van der Waals surface area contributed by atoms with Crippen LogP contribution in [0.15, 0.2) is 30.3 Å². The van der Waals surface area contributed by atoms with Gasteiger partial charge in [-0.2, -0.15) is 0 Å². The number of hydrogen-bond acceptors (Lipinski definition) is 4. The minimum atomic E-state index is -0.455. The van der Waals surface area contributed by atoms with E-state index < -0.39 is 12.1 Å². The number of hydrogen-bond donors (Lipinski definition) is 2. The van der Waals surface area contributed by atoms with Crippen LogP contribution in [-0.4, -0.2) is 49.7 Å². The van der Waals surface area contributed by atoms with Gasteiger partial charge in [-0.05, 0) is 25.5 Å². The van der Waals surface area contributed by atoms with Crippen molar-refractivity contribution in [3.05, 3.63) is 30.3 Å². The molecule has 0 saturated carbocycles. The molecule has 23 heavy (non-hydrogen) atoms. The van der Waals surface area contributed by atoms with E-state index >= 15 is 0 Å². The van der Waals surface area contributed by atoms with Crippen LogP contribution < -0.4 is 15.5 Å². The maximum absolute atomic E-state index is 12.5. The number of anilines is 1. The summed E-state index contributed by atoms with van der Waals surface area (Å²) in [6.07, 6.45) is 0.442. The van der Waals surface area contributed by atoms with Crippen molar-refractivity contribution < 1.29 is 14.3 Å². The molecule has 2 heterocycles. The van der Waals surface area contributed by atoms with Crippen molar-refractivity contribution in [2.24, 2.45) is 0 Å². The van der Waals surface area contributed by atoms with Gasteiger partial charge >= 0.3 is 0 Å². The quantitative estimate of drug-likeness (QED) is 0.850. The zero-order valence-corrected chi connectivity index (χ0v) is 13.8. The fraction of sp³-hybridized carbons (Fsp3) is 0.500. The number of carbonyl (C=O) groups excluding carboxylic acids is 2. The predicted octanol–water partition coefficient (Wildman–Crippen LogP) is 0.707. The molecule has 7 heteroatoms. The molecule has 0 aromatic heterocycles. The molecule has 126 valence electrons. The van der Waals surface area contributed by atoms with E-state index in [1.807, 2.05) is 37.3 Å². The van der Waals surface area contributed by atoms with E-state index in [-0.39, 0.29) is 30.3 Å². The standard InChI is InChI=1S/C16H21N3O3.ClH/c1-11-14(17-8-10-22-11)15(20)18-13-7-9-19(16(13)21)12-5-3-2-4-6-12;/h2-6,11,13-14,17H,7-10H2,1H3,(H,18,20);1H/t11-,13?,14+;/m1./s1. The molecule has 2 aliphatic heterocycles. The lowest BCUT2D eigenvalue weighted by atomic mass is 10.1. The third kappa shape index (κ3) is 3.83. The summed E-state index contributed by atoms with van der Waals surface area (Å²) in [5, 5.41) is 5.99. The predicted molar refractivity (Wildman–Crippen MR) is 89.8 cm³/mol. The number of rotatable bonds is 3. The van der Waals surface area contributed by atoms with Gasteiger partial charge in [0.1, 0.15) is 12.1 Å². The van der Waals surface area contributed by atoms with Crippen molar-refractivity contribution in [3.63, 3.8) is 0 Å². The summed E-state index contributed by atoms with van der Waals surface area (Å²) in [5.41, 5.74) is 0.872. The first kappa shape index (κ1) is 17.7. The van der Waals surface area contributed by atoms with Crippen LogP contribution in [-0.2, 0) is 14.3 Å². The average molecular weight is 340 g/mol. The van der Waals surface area contributed by atoms with Gasteiger partial charge in [0.2, 0.25) is 11.8 Å². The second-order valence-electron chi connectivity index (χ2n) is 5.68. The Labute approximate surface area is 142 Å². The molecule has 2 amide bonds. The maximum atomic E-state index is 12.5. The molecule has 2 aliphatic rings. The maximum Gasteiger partial charge on any atom is 0.249 e. The Kier molecular flexibility index (Phi) is 5.98. The Morgan fingerprint density at radius 1 is 1.35 bits per heavy atom. The highest BCUT2D eigenvalue weighted by molar-refractivity contribution is 6.01. The Balaban J connectivity index is 0.00000192. The Hall–Kier alpha value is -1.63. The number of morpholine rings is 1. The zero-order chi connectivity index (χ0) is 15.5. The van der Waals surface area contributed by atoms with Crippen molar-refractivity contribution in [1.82, 2.24) is 10.6 Å². The SMILES string of the molecule is C[C@H]1OCCN[C@@H]1C(=O)NC1CCN(c2ccccc2)C1=O.Cl. The summed E-state index contributed by atoms with van der Waals surface area (Å²) in [6.45, 7) is 3.74. The monoisotopic (exact) mass is 339 g/mol. The Morgan fingerprint density at radius 3 is 2.78 bits per heavy atom. The molecule has 3 atom stereocenters. The lowest BCUT2D eigenvalue weighted by Crippen LogP contribution is -2.57. The fourth-order valence-electron chi connectivity index (χ4n) is 2.97. The molecule has 3 rings (SSSR count). The fourth-order valence-corrected chi connectivity index (χ4v) is 2.97. The third-order valence-electron chi connectivity index (χ3n) is 4.19. The molecular formula is C16H22ClN3O3. The van der Waals surface area contributed by atoms with E-state index in [0.717, 1.165) is 5.69 Å². The van der Waals surface area contributed by atoms with Crippen LogP contribution in [0, 0.1) is 0 Å². The van der Waals surface area contributed by atoms with Gasteiger partial charge in [-0.25, -0.2) is 0 Å². The van der Waals surface area contributed by atoms with Crippen LogP contribution in [0.4, 0.5) is 5.69 Å². The molecule has 2 fully saturated rings. The van der Waals surface area contributed by atoms with Crippen LogP contribution >= 0.6 is 12.4 Å². The first-order valence-corrected chi connectivity index (χ1v) is 7.68. The second-order valence-corrected chi connectivity index (χ2v) is 5.68. The van der Waals surface area contributed by atoms with Crippen molar-refractivity contribution >= 4 is 29.9 Å². The molecular weight excluding hydrogens is 318 g/mol. The number of carbonyl (C=O) groups is 2. The first-order chi connectivity index (χ1) is 10.7. The molecule has 0 radical (unpaired) electrons. The largest absolute Gasteiger partial charge is 0.375 e. The van der Waals surface area contributed by atoms with E-state index in [2.05, 4.69) is 10.6 Å². The number of ether oxygens (including phenoxy) is 1. The highest BCUT2D eigenvalue weighted by Crippen LogP contribution is 2.21. The van der Waals surface area contributed by atoms with E-state index in [0.29, 0.717) is 26.1 Å². The molecule has 1 aromatic carbocycles. The minimum Gasteiger partial charge on any atom is -0.375 e. The number of benzene rings is 1. The van der Waals surface area contributed by atoms with Crippen LogP contribution in [0.25, 0.3) is 0 Å². The summed E-state index contributed by atoms with van der Waals surface area (Å²) < 4.78 is 5.47. The summed E-state index contributed by atoms with van der Waals surface area (Å²) in [4.78, 5) is 26.5. The topological polar surface area (TPSA) is 70.7 Å². The average Bonchev–Trinajstić information content (AvgIpc) is 2.89. The number of nitrogens with one attached hydrogen (secondary N) is 2. The molecule has 0 bridgehead atoms. The van der Waals surface area contributed by atoms with Gasteiger partial charge in [-0.1, -0.05) is 18.2 Å². The second kappa shape index (κ2) is 7.77. The molecule has 0 spiro atoms. The summed E-state index contributed by atoms with van der Waals surface area (Å²) >= 11 is 0. The minimum absolute atomic E-state index is 0. The van der Waals surface area contributed by atoms with E-state index in [9.17, 15) is 9.59 Å². The molecule has 1 unspecified atom stereocenters. The van der Waals surface area contributed by atoms with Gasteiger partial charge in [0.05, 0.1) is 12.7 Å². The van der Waals surface area contributed by atoms with E-state index in [4.69, 9.17) is 4.74 Å². The van der Waals surface area contributed by atoms with Gasteiger partial charge in [0, 0.05) is 18.8 Å². The lowest BCUT2D eigenvalue weighted by Gasteiger charge is -2.30. The van der Waals surface area contributed by atoms with Gasteiger partial charge in [0.25, 0.3) is 0 Å². The molecule has 0 aliphatic carbocycles. The zero-order valence-electron chi connectivity index (χ0n) is 13.0. The smallest absolute Gasteiger partial charge is 0.249 e. The number of halogens is 1. The van der Waals surface area contributed by atoms with Crippen LogP contribution in [0.5, 0.6) is 0 Å². The Bertz CT molecular complexity index is 555. The molecule has 6 nitrogen and oxygen atoms in total. The van der Waals surface area contributed by atoms with Crippen LogP contribution in [0.3, 0.4) is 0 Å². The highest BCUT2D eigenvalue weighted by atomic mass is 35.5. The Morgan fingerprint density at radius 2 is 2.09 bits per heavy atom. The summed E-state index contributed by atoms with van der Waals surface area (Å²) in [5.74, 6) is -0.218. The van der Waals surface area contributed by atoms with Crippen molar-refractivity contribution in [3.8, 4) is 0 Å². The van der Waals surface area contributed by atoms with Crippen LogP contribution in [0.2, 0.25) is 0 Å². The first-order valence-electron chi connectivity index (χ1n) is 7.68. The van der Waals surface area contributed by atoms with Crippen molar-refractivity contribution in [1.29, 1.82) is 0 Å². The lowest BCUT2D eigenvalue weighted by molar-refractivity contribution is -0.132. The van der Waals surface area contributed by atoms with E-state index in [1.165, 1.54) is 0 Å². The molecule has 1 aromatic rings. The molecule has 2 saturated heterocycles. The highest BCUT2D eigenvalue weighted by Gasteiger charge is 2.36. The third-order valence-corrected chi connectivity index (χ3v) is 4.19. The van der Waals surface area contributed by atoms with Gasteiger partial charge < -0.3 is 20.3 Å². The van der Waals surface area contributed by atoms with Gasteiger partial charge in [0.15, 0.2) is 0 Å². The van der Waals surface area contributed by atoms with E-state index in [1.54, 1.807) is 4.90 Å². The van der Waals surface area contributed by atoms with Gasteiger partial charge in [-0.3, -0.25) is 9.59 Å². The number of nitrogens with zero attached hydrogens (tertiary/aromatic N) is 1. The van der Waals surface area contributed by atoms with Crippen molar-refractivity contribution in [2.45, 2.75) is 31.5 Å². The van der Waals surface area contributed by atoms with Crippen LogP contribution in [0.1, 0.15) is 13.3 Å². The number of amides is 2. The van der Waals surface area contributed by atoms with Crippen molar-refractivity contribution in [2.75, 3.05) is 24.6 Å². The number of para-hydroxylation sites is 1. The van der Waals surface area contributed by atoms with Gasteiger partial charge in [-0.15, -0.1) is 12.4 Å².